The first-order valence-electron chi connectivity index (χ1n) is 7.96. The average molecular weight is 397 g/mol. The Balaban J connectivity index is 1.86. The number of carbonyl (C=O) groups is 2. The number of hydrogen-bond donors (Lipinski definition) is 3. The highest BCUT2D eigenvalue weighted by atomic mass is 32.2. The zero-order valence-electron chi connectivity index (χ0n) is 14.0. The minimum absolute atomic E-state index is 0.0549. The minimum Gasteiger partial charge on any atom is -0.313 e. The Morgan fingerprint density at radius 3 is 2.11 bits per heavy atom. The molecule has 0 radical (unpaired) electrons. The lowest BCUT2D eigenvalue weighted by Gasteiger charge is -2.20. The van der Waals surface area contributed by atoms with E-state index in [1.807, 2.05) is 4.98 Å². The van der Waals surface area contributed by atoms with Gasteiger partial charge in [0.05, 0.1) is 11.3 Å². The molecule has 4 rings (SSSR count). The van der Waals surface area contributed by atoms with Crippen molar-refractivity contribution in [3.05, 3.63) is 91.8 Å². The molecule has 3 N–H and O–H groups in total. The van der Waals surface area contributed by atoms with Gasteiger partial charge in [0.25, 0.3) is 15.6 Å². The van der Waals surface area contributed by atoms with E-state index in [9.17, 15) is 27.6 Å². The van der Waals surface area contributed by atoms with Crippen molar-refractivity contribution in [1.82, 2.24) is 9.97 Å². The summed E-state index contributed by atoms with van der Waals surface area (Å²) in [6.07, 6.45) is 0.751. The lowest BCUT2D eigenvalue weighted by molar-refractivity contribution is 0.0979. The maximum atomic E-state index is 12.9. The van der Waals surface area contributed by atoms with E-state index in [-0.39, 0.29) is 27.9 Å². The van der Waals surface area contributed by atoms with E-state index in [0.717, 1.165) is 6.20 Å². The van der Waals surface area contributed by atoms with Gasteiger partial charge in [-0.3, -0.25) is 24.1 Å². The smallest absolute Gasteiger partial charge is 0.313 e. The van der Waals surface area contributed by atoms with Crippen LogP contribution in [0.5, 0.6) is 0 Å². The van der Waals surface area contributed by atoms with Crippen molar-refractivity contribution < 1.29 is 18.0 Å². The van der Waals surface area contributed by atoms with E-state index in [2.05, 4.69) is 9.71 Å². The van der Waals surface area contributed by atoms with E-state index in [0.29, 0.717) is 0 Å². The number of sulfonamides is 1. The van der Waals surface area contributed by atoms with E-state index in [1.165, 1.54) is 30.3 Å². The van der Waals surface area contributed by atoms with Gasteiger partial charge in [-0.05, 0) is 6.07 Å². The first-order valence-corrected chi connectivity index (χ1v) is 9.44. The summed E-state index contributed by atoms with van der Waals surface area (Å²) in [6, 6.07) is 10.4. The monoisotopic (exact) mass is 397 g/mol. The van der Waals surface area contributed by atoms with Gasteiger partial charge in [-0.2, -0.15) is 0 Å². The van der Waals surface area contributed by atoms with Gasteiger partial charge in [-0.25, -0.2) is 13.2 Å². The third-order valence-corrected chi connectivity index (χ3v) is 5.64. The van der Waals surface area contributed by atoms with Crippen LogP contribution in [-0.4, -0.2) is 30.0 Å². The number of anilines is 1. The van der Waals surface area contributed by atoms with Gasteiger partial charge in [-0.15, -0.1) is 0 Å². The molecule has 0 atom stereocenters. The third-order valence-electron chi connectivity index (χ3n) is 4.27. The molecule has 0 amide bonds. The SMILES string of the molecule is O=C1c2ccccc2C(=O)c2c(NS(=O)(=O)c3c[nH]c(=O)[nH]c3=O)cccc21. The van der Waals surface area contributed by atoms with Gasteiger partial charge in [0, 0.05) is 22.9 Å². The number of rotatable bonds is 3. The minimum atomic E-state index is -4.44. The zero-order chi connectivity index (χ0) is 20.1. The predicted octanol–water partition coefficient (Wildman–Crippen LogP) is 0.639. The summed E-state index contributed by atoms with van der Waals surface area (Å²) in [5.41, 5.74) is -1.77. The Morgan fingerprint density at radius 2 is 1.43 bits per heavy atom. The molecule has 1 aliphatic rings. The number of carbonyl (C=O) groups excluding carboxylic acids is 2. The lowest BCUT2D eigenvalue weighted by atomic mass is 9.83. The molecule has 0 aliphatic heterocycles. The van der Waals surface area contributed by atoms with Gasteiger partial charge in [0.1, 0.15) is 0 Å². The van der Waals surface area contributed by atoms with Crippen LogP contribution < -0.4 is 16.0 Å². The molecule has 0 saturated carbocycles. The molecule has 3 aromatic rings. The van der Waals surface area contributed by atoms with Gasteiger partial charge in [0.2, 0.25) is 0 Å². The molecule has 0 unspecified atom stereocenters. The van der Waals surface area contributed by atoms with Crippen molar-refractivity contribution in [1.29, 1.82) is 0 Å². The van der Waals surface area contributed by atoms with Gasteiger partial charge in [0.15, 0.2) is 16.5 Å². The van der Waals surface area contributed by atoms with Crippen LogP contribution in [-0.2, 0) is 10.0 Å². The molecule has 1 aliphatic carbocycles. The molecule has 9 nitrogen and oxygen atoms in total. The number of aromatic nitrogens is 2. The van der Waals surface area contributed by atoms with Gasteiger partial charge in [-0.1, -0.05) is 36.4 Å². The molecule has 0 fully saturated rings. The Hall–Kier alpha value is -3.79. The van der Waals surface area contributed by atoms with E-state index >= 15 is 0 Å². The fraction of sp³-hybridized carbons (Fsp3) is 0. The van der Waals surface area contributed by atoms with Crippen molar-refractivity contribution in [2.45, 2.75) is 4.90 Å². The van der Waals surface area contributed by atoms with Gasteiger partial charge >= 0.3 is 5.69 Å². The van der Waals surface area contributed by atoms with Crippen LogP contribution in [0.3, 0.4) is 0 Å². The summed E-state index contributed by atoms with van der Waals surface area (Å²) in [5, 5.41) is 0. The second-order valence-corrected chi connectivity index (χ2v) is 7.62. The van der Waals surface area contributed by atoms with Crippen LogP contribution in [0, 0.1) is 0 Å². The molecule has 2 aromatic carbocycles. The standard InChI is InChI=1S/C18H11N3O6S/c22-15-9-4-1-2-5-10(9)16(23)14-11(15)6-3-7-12(14)21-28(26,27)13-8-19-18(25)20-17(13)24/h1-8,21H,(H2,19,20,24,25). The summed E-state index contributed by atoms with van der Waals surface area (Å²) in [7, 11) is -4.44. The van der Waals surface area contributed by atoms with E-state index < -0.39 is 37.7 Å². The Kier molecular flexibility index (Phi) is 3.86. The number of hydrogen-bond acceptors (Lipinski definition) is 6. The largest absolute Gasteiger partial charge is 0.325 e. The fourth-order valence-electron chi connectivity index (χ4n) is 3.03. The number of fused-ring (bicyclic) bond motifs is 2. The second kappa shape index (κ2) is 6.13. The maximum Gasteiger partial charge on any atom is 0.325 e. The number of ketones is 2. The van der Waals surface area contributed by atoms with Crippen molar-refractivity contribution in [3.63, 3.8) is 0 Å². The highest BCUT2D eigenvalue weighted by Crippen LogP contribution is 2.32. The molecule has 140 valence electrons. The molecular formula is C18H11N3O6S. The van der Waals surface area contributed by atoms with Crippen LogP contribution in [0.15, 0.2) is 63.1 Å². The molecular weight excluding hydrogens is 386 g/mol. The van der Waals surface area contributed by atoms with Crippen molar-refractivity contribution in [3.8, 4) is 0 Å². The molecule has 0 saturated heterocycles. The first-order chi connectivity index (χ1) is 13.3. The first kappa shape index (κ1) is 17.6. The molecule has 1 aromatic heterocycles. The van der Waals surface area contributed by atoms with E-state index in [4.69, 9.17) is 0 Å². The molecule has 28 heavy (non-hydrogen) atoms. The summed E-state index contributed by atoms with van der Waals surface area (Å²) >= 11 is 0. The maximum absolute atomic E-state index is 12.9. The number of H-pyrrole nitrogens is 2. The third kappa shape index (κ3) is 2.67. The van der Waals surface area contributed by atoms with Crippen molar-refractivity contribution >= 4 is 27.3 Å². The van der Waals surface area contributed by atoms with Gasteiger partial charge < -0.3 is 4.98 Å². The molecule has 1 heterocycles. The normalized spacial score (nSPS) is 13.0. The average Bonchev–Trinajstić information content (AvgIpc) is 2.65. The topological polar surface area (TPSA) is 146 Å². The predicted molar refractivity (Wildman–Crippen MR) is 98.2 cm³/mol. The van der Waals surface area contributed by atoms with Crippen LogP contribution in [0.1, 0.15) is 31.8 Å². The molecule has 0 bridgehead atoms. The van der Waals surface area contributed by atoms with Crippen molar-refractivity contribution in [2.24, 2.45) is 0 Å². The lowest BCUT2D eigenvalue weighted by Crippen LogP contribution is -2.30. The van der Waals surface area contributed by atoms with Crippen molar-refractivity contribution in [2.75, 3.05) is 4.72 Å². The van der Waals surface area contributed by atoms with Crippen LogP contribution in [0.25, 0.3) is 0 Å². The molecule has 10 heteroatoms. The Morgan fingerprint density at radius 1 is 0.786 bits per heavy atom. The highest BCUT2D eigenvalue weighted by Gasteiger charge is 2.32. The summed E-state index contributed by atoms with van der Waals surface area (Å²) < 4.78 is 27.4. The van der Waals surface area contributed by atoms with Crippen LogP contribution in [0.2, 0.25) is 0 Å². The molecule has 0 spiro atoms. The Bertz CT molecular complexity index is 1380. The van der Waals surface area contributed by atoms with Crippen LogP contribution in [0.4, 0.5) is 5.69 Å². The number of aromatic amines is 2. The number of nitrogens with one attached hydrogen (secondary N) is 3. The highest BCUT2D eigenvalue weighted by molar-refractivity contribution is 7.92. The summed E-state index contributed by atoms with van der Waals surface area (Å²) in [6.45, 7) is 0. The quantitative estimate of drug-likeness (QED) is 0.462. The second-order valence-electron chi connectivity index (χ2n) is 5.97. The summed E-state index contributed by atoms with van der Waals surface area (Å²) in [4.78, 5) is 51.7. The zero-order valence-corrected chi connectivity index (χ0v) is 14.8. The van der Waals surface area contributed by atoms with E-state index in [1.54, 1.807) is 12.1 Å². The summed E-state index contributed by atoms with van der Waals surface area (Å²) in [5.74, 6) is -0.924. The fourth-order valence-corrected chi connectivity index (χ4v) is 4.11. The number of benzene rings is 2. The van der Waals surface area contributed by atoms with Crippen LogP contribution >= 0.6 is 0 Å². The Labute approximate surface area is 157 Å².